The van der Waals surface area contributed by atoms with Gasteiger partial charge in [-0.25, -0.2) is 4.79 Å². The van der Waals surface area contributed by atoms with Crippen LogP contribution in [-0.2, 0) is 0 Å². The van der Waals surface area contributed by atoms with E-state index >= 15 is 0 Å². The zero-order chi connectivity index (χ0) is 34.8. The summed E-state index contributed by atoms with van der Waals surface area (Å²) in [5, 5.41) is 0. The molecule has 0 aromatic heterocycles. The molecule has 0 radical (unpaired) electrons. The van der Waals surface area contributed by atoms with Crippen LogP contribution >= 0.6 is 0 Å². The van der Waals surface area contributed by atoms with Crippen molar-refractivity contribution in [2.75, 3.05) is 36.1 Å². The second-order valence-corrected chi connectivity index (χ2v) is 13.0. The Morgan fingerprint density at radius 1 is 0.592 bits per heavy atom. The van der Waals surface area contributed by atoms with Gasteiger partial charge < -0.3 is 37.1 Å². The Bertz CT molecular complexity index is 1470. The van der Waals surface area contributed by atoms with E-state index in [0.29, 0.717) is 41.8 Å². The molecule has 0 saturated heterocycles. The zero-order valence-electron chi connectivity index (χ0n) is 28.9. The molecule has 0 atom stereocenters. The van der Waals surface area contributed by atoms with Gasteiger partial charge in [-0.1, -0.05) is 57.6 Å². The molecule has 8 heteroatoms. The van der Waals surface area contributed by atoms with Crippen molar-refractivity contribution in [2.45, 2.75) is 83.5 Å². The lowest BCUT2D eigenvalue weighted by Gasteiger charge is -2.29. The van der Waals surface area contributed by atoms with Crippen LogP contribution in [0, 0.1) is 5.92 Å². The molecule has 8 nitrogen and oxygen atoms in total. The number of anilines is 4. The van der Waals surface area contributed by atoms with Gasteiger partial charge in [0.2, 0.25) is 0 Å². The van der Waals surface area contributed by atoms with Crippen LogP contribution in [0.15, 0.2) is 91.0 Å². The average molecular weight is 667 g/mol. The Hall–Kier alpha value is -4.85. The highest BCUT2D eigenvalue weighted by Crippen LogP contribution is 2.38. The number of esters is 1. The van der Waals surface area contributed by atoms with Crippen LogP contribution in [0.25, 0.3) is 0 Å². The first kappa shape index (κ1) is 37.0. The van der Waals surface area contributed by atoms with E-state index in [1.165, 1.54) is 69.8 Å². The maximum Gasteiger partial charge on any atom is 0.343 e. The van der Waals surface area contributed by atoms with Crippen molar-refractivity contribution in [3.63, 3.8) is 0 Å². The van der Waals surface area contributed by atoms with E-state index in [2.05, 4.69) is 19.1 Å². The summed E-state index contributed by atoms with van der Waals surface area (Å²) in [5.41, 5.74) is 26.8. The van der Waals surface area contributed by atoms with Crippen molar-refractivity contribution >= 4 is 28.7 Å². The molecule has 0 aliphatic heterocycles. The number of ether oxygens (including phenoxy) is 3. The molecule has 4 aromatic carbocycles. The topological polar surface area (TPSA) is 149 Å². The molecule has 1 aliphatic rings. The van der Waals surface area contributed by atoms with Gasteiger partial charge in [0.15, 0.2) is 0 Å². The normalized spacial score (nSPS) is 15.4. The summed E-state index contributed by atoms with van der Waals surface area (Å²) in [7, 11) is 0. The molecule has 4 aromatic rings. The molecular formula is C41H54N4O4. The molecule has 49 heavy (non-hydrogen) atoms. The fourth-order valence-electron chi connectivity index (χ4n) is 6.16. The quantitative estimate of drug-likeness (QED) is 0.0424. The Balaban J connectivity index is 0.000000244. The minimum atomic E-state index is -0.443. The molecule has 8 N–H and O–H groups in total. The summed E-state index contributed by atoms with van der Waals surface area (Å²) in [4.78, 5) is 12.4. The van der Waals surface area contributed by atoms with Gasteiger partial charge >= 0.3 is 5.97 Å². The molecule has 1 fully saturated rings. The fraction of sp³-hybridized carbons (Fsp3) is 0.390. The van der Waals surface area contributed by atoms with Crippen molar-refractivity contribution < 1.29 is 19.0 Å². The molecule has 5 rings (SSSR count). The molecule has 0 unspecified atom stereocenters. The fourth-order valence-corrected chi connectivity index (χ4v) is 6.16. The third-order valence-corrected chi connectivity index (χ3v) is 8.92. The maximum absolute atomic E-state index is 12.4. The Morgan fingerprint density at radius 2 is 1.10 bits per heavy atom. The standard InChI is InChI=1S/C26H36N2O2.C15H18N2O2/c1-2-3-4-5-6-7-19-8-10-20(11-9-19)21-12-14-25(15-13-21)30-26(29)22-16-23(27)18-24(28)17-22;16-12-2-6-14(7-3-12)18-10-1-11-19-15-8-4-13(17)5-9-15/h12-20H,2-11,27-28H2,1H3;2-9H,1,10-11,16-17H2. The summed E-state index contributed by atoms with van der Waals surface area (Å²) in [6, 6.07) is 27.5. The predicted octanol–water partition coefficient (Wildman–Crippen LogP) is 9.40. The van der Waals surface area contributed by atoms with Crippen LogP contribution in [0.3, 0.4) is 0 Å². The monoisotopic (exact) mass is 666 g/mol. The van der Waals surface area contributed by atoms with Gasteiger partial charge in [-0.3, -0.25) is 0 Å². The van der Waals surface area contributed by atoms with Crippen LogP contribution in [0.5, 0.6) is 17.2 Å². The number of nitrogens with two attached hydrogens (primary N) is 4. The van der Waals surface area contributed by atoms with Crippen molar-refractivity contribution in [3.05, 3.63) is 102 Å². The molecule has 1 saturated carbocycles. The van der Waals surface area contributed by atoms with Crippen molar-refractivity contribution in [3.8, 4) is 17.2 Å². The van der Waals surface area contributed by atoms with Gasteiger partial charge in [0.05, 0.1) is 18.8 Å². The molecule has 0 amide bonds. The lowest BCUT2D eigenvalue weighted by molar-refractivity contribution is 0.0734. The third kappa shape index (κ3) is 13.3. The van der Waals surface area contributed by atoms with Gasteiger partial charge in [0.1, 0.15) is 17.2 Å². The first-order valence-corrected chi connectivity index (χ1v) is 17.7. The van der Waals surface area contributed by atoms with Gasteiger partial charge in [-0.2, -0.15) is 0 Å². The molecule has 0 heterocycles. The number of unbranched alkanes of at least 4 members (excludes halogenated alkanes) is 4. The van der Waals surface area contributed by atoms with E-state index in [1.807, 2.05) is 60.7 Å². The molecule has 0 spiro atoms. The predicted molar refractivity (Wildman–Crippen MR) is 202 cm³/mol. The molecule has 1 aliphatic carbocycles. The highest BCUT2D eigenvalue weighted by Gasteiger charge is 2.22. The summed E-state index contributed by atoms with van der Waals surface area (Å²) < 4.78 is 16.6. The summed E-state index contributed by atoms with van der Waals surface area (Å²) in [6.07, 6.45) is 14.3. The Morgan fingerprint density at radius 3 is 1.63 bits per heavy atom. The van der Waals surface area contributed by atoms with Crippen LogP contribution < -0.4 is 37.1 Å². The number of benzene rings is 4. The number of rotatable bonds is 15. The second-order valence-electron chi connectivity index (χ2n) is 13.0. The zero-order valence-corrected chi connectivity index (χ0v) is 28.9. The molecule has 262 valence electrons. The minimum Gasteiger partial charge on any atom is -0.493 e. The molecular weight excluding hydrogens is 612 g/mol. The first-order chi connectivity index (χ1) is 23.8. The smallest absolute Gasteiger partial charge is 0.343 e. The van der Waals surface area contributed by atoms with Gasteiger partial charge in [-0.05, 0) is 122 Å². The SMILES string of the molecule is CCCCCCCC1CCC(c2ccc(OC(=O)c3cc(N)cc(N)c3)cc2)CC1.Nc1ccc(OCCCOc2ccc(N)cc2)cc1. The maximum atomic E-state index is 12.4. The average Bonchev–Trinajstić information content (AvgIpc) is 3.10. The van der Waals surface area contributed by atoms with E-state index in [-0.39, 0.29) is 0 Å². The molecule has 0 bridgehead atoms. The van der Waals surface area contributed by atoms with Crippen molar-refractivity contribution in [1.29, 1.82) is 0 Å². The highest BCUT2D eigenvalue weighted by atomic mass is 16.5. The van der Waals surface area contributed by atoms with E-state index in [1.54, 1.807) is 18.2 Å². The number of nitrogen functional groups attached to an aromatic ring is 4. The van der Waals surface area contributed by atoms with Crippen LogP contribution in [0.4, 0.5) is 22.7 Å². The van der Waals surface area contributed by atoms with Crippen LogP contribution in [0.2, 0.25) is 0 Å². The highest BCUT2D eigenvalue weighted by molar-refractivity contribution is 5.93. The third-order valence-electron chi connectivity index (χ3n) is 8.92. The summed E-state index contributed by atoms with van der Waals surface area (Å²) >= 11 is 0. The minimum absolute atomic E-state index is 0.365. The van der Waals surface area contributed by atoms with Crippen LogP contribution in [-0.4, -0.2) is 19.2 Å². The first-order valence-electron chi connectivity index (χ1n) is 17.7. The Labute approximate surface area is 292 Å². The largest absolute Gasteiger partial charge is 0.493 e. The van der Waals surface area contributed by atoms with Gasteiger partial charge in [-0.15, -0.1) is 0 Å². The number of hydrogen-bond acceptors (Lipinski definition) is 8. The van der Waals surface area contributed by atoms with Gasteiger partial charge in [0.25, 0.3) is 0 Å². The van der Waals surface area contributed by atoms with E-state index < -0.39 is 5.97 Å². The Kier molecular flexibility index (Phi) is 15.0. The number of carbonyl (C=O) groups excluding carboxylic acids is 1. The lowest BCUT2D eigenvalue weighted by atomic mass is 9.77. The van der Waals surface area contributed by atoms with Gasteiger partial charge in [0, 0.05) is 29.2 Å². The van der Waals surface area contributed by atoms with Crippen molar-refractivity contribution in [1.82, 2.24) is 0 Å². The van der Waals surface area contributed by atoms with E-state index in [0.717, 1.165) is 35.2 Å². The number of carbonyl (C=O) groups is 1. The second kappa shape index (κ2) is 19.8. The number of hydrogen-bond donors (Lipinski definition) is 4. The van der Waals surface area contributed by atoms with Crippen molar-refractivity contribution in [2.24, 2.45) is 5.92 Å². The van der Waals surface area contributed by atoms with E-state index in [9.17, 15) is 4.79 Å². The summed E-state index contributed by atoms with van der Waals surface area (Å²) in [5.74, 6) is 3.28. The lowest BCUT2D eigenvalue weighted by Crippen LogP contribution is -2.13. The van der Waals surface area contributed by atoms with E-state index in [4.69, 9.17) is 37.1 Å². The van der Waals surface area contributed by atoms with Crippen LogP contribution in [0.1, 0.15) is 99.4 Å². The summed E-state index contributed by atoms with van der Waals surface area (Å²) in [6.45, 7) is 3.49.